The molecular weight excluding hydrogens is 284 g/mol. The molecule has 0 aliphatic carbocycles. The average Bonchev–Trinajstić information content (AvgIpc) is 2.47. The second-order valence-corrected chi connectivity index (χ2v) is 5.08. The summed E-state index contributed by atoms with van der Waals surface area (Å²) in [4.78, 5) is 35.1. The molecule has 0 fully saturated rings. The number of aryl methyl sites for hydroxylation is 2. The molecule has 2 amide bonds. The van der Waals surface area contributed by atoms with Gasteiger partial charge in [-0.2, -0.15) is 0 Å². The number of hydrogen-bond acceptors (Lipinski definition) is 4. The summed E-state index contributed by atoms with van der Waals surface area (Å²) in [5.74, 6) is -1.35. The first-order valence-electron chi connectivity index (χ1n) is 7.16. The Morgan fingerprint density at radius 2 is 1.91 bits per heavy atom. The first-order chi connectivity index (χ1) is 10.3. The van der Waals surface area contributed by atoms with Crippen LogP contribution in [0.5, 0.6) is 0 Å². The van der Waals surface area contributed by atoms with Crippen LogP contribution in [0.3, 0.4) is 0 Å². The number of hydrogen-bond donors (Lipinski definition) is 2. The number of carbonyl (C=O) groups is 3. The van der Waals surface area contributed by atoms with E-state index in [9.17, 15) is 14.4 Å². The maximum absolute atomic E-state index is 12.0. The number of ether oxygens (including phenoxy) is 1. The third-order valence-corrected chi connectivity index (χ3v) is 3.07. The highest BCUT2D eigenvalue weighted by molar-refractivity contribution is 5.93. The van der Waals surface area contributed by atoms with Crippen LogP contribution in [0.15, 0.2) is 18.2 Å². The Labute approximate surface area is 130 Å². The Kier molecular flexibility index (Phi) is 6.56. The Hall–Kier alpha value is -2.37. The molecule has 0 aliphatic heterocycles. The lowest BCUT2D eigenvalue weighted by Gasteiger charge is -2.13. The predicted molar refractivity (Wildman–Crippen MR) is 82.5 cm³/mol. The van der Waals surface area contributed by atoms with Gasteiger partial charge in [0.2, 0.25) is 5.91 Å². The number of nitrogens with one attached hydrogen (secondary N) is 2. The van der Waals surface area contributed by atoms with Gasteiger partial charge in [-0.15, -0.1) is 0 Å². The van der Waals surface area contributed by atoms with Gasteiger partial charge in [-0.3, -0.25) is 9.59 Å². The minimum Gasteiger partial charge on any atom is -0.452 e. The third kappa shape index (κ3) is 5.20. The fourth-order valence-corrected chi connectivity index (χ4v) is 1.84. The third-order valence-electron chi connectivity index (χ3n) is 3.07. The van der Waals surface area contributed by atoms with E-state index in [1.807, 2.05) is 19.1 Å². The van der Waals surface area contributed by atoms with Crippen LogP contribution < -0.4 is 10.6 Å². The summed E-state index contributed by atoms with van der Waals surface area (Å²) in [7, 11) is 0. The lowest BCUT2D eigenvalue weighted by atomic mass is 10.1. The SMILES string of the molecule is CCNC(=O)[C@H](C)NC(=O)COC(=O)c1cc(C)ccc1C. The van der Waals surface area contributed by atoms with Crippen LogP contribution in [-0.2, 0) is 14.3 Å². The molecule has 1 atom stereocenters. The standard InChI is InChI=1S/C16H22N2O4/c1-5-17-15(20)12(4)18-14(19)9-22-16(21)13-8-10(2)6-7-11(13)3/h6-8,12H,5,9H2,1-4H3,(H,17,20)(H,18,19)/t12-/m0/s1. The van der Waals surface area contributed by atoms with Crippen LogP contribution in [0.1, 0.15) is 35.3 Å². The Bertz CT molecular complexity index is 569. The van der Waals surface area contributed by atoms with Gasteiger partial charge < -0.3 is 15.4 Å². The molecule has 0 aliphatic rings. The zero-order chi connectivity index (χ0) is 16.7. The Balaban J connectivity index is 2.52. The van der Waals surface area contributed by atoms with Gasteiger partial charge in [-0.25, -0.2) is 4.79 Å². The van der Waals surface area contributed by atoms with Crippen LogP contribution in [0, 0.1) is 13.8 Å². The number of benzene rings is 1. The fraction of sp³-hybridized carbons (Fsp3) is 0.438. The summed E-state index contributed by atoms with van der Waals surface area (Å²) in [5.41, 5.74) is 2.16. The fourth-order valence-electron chi connectivity index (χ4n) is 1.84. The molecule has 0 saturated heterocycles. The van der Waals surface area contributed by atoms with E-state index < -0.39 is 24.5 Å². The van der Waals surface area contributed by atoms with Crippen LogP contribution >= 0.6 is 0 Å². The number of rotatable bonds is 6. The molecule has 1 rings (SSSR count). The second-order valence-electron chi connectivity index (χ2n) is 5.08. The molecule has 1 aromatic carbocycles. The maximum Gasteiger partial charge on any atom is 0.338 e. The molecule has 1 aromatic rings. The van der Waals surface area contributed by atoms with Gasteiger partial charge in [0, 0.05) is 6.54 Å². The summed E-state index contributed by atoms with van der Waals surface area (Å²) in [6, 6.07) is 4.76. The van der Waals surface area contributed by atoms with Crippen molar-refractivity contribution in [2.75, 3.05) is 13.2 Å². The van der Waals surface area contributed by atoms with Gasteiger partial charge in [0.1, 0.15) is 6.04 Å². The predicted octanol–water partition coefficient (Wildman–Crippen LogP) is 1.10. The van der Waals surface area contributed by atoms with Crippen molar-refractivity contribution in [1.82, 2.24) is 10.6 Å². The van der Waals surface area contributed by atoms with Crippen molar-refractivity contribution in [3.63, 3.8) is 0 Å². The first-order valence-corrected chi connectivity index (χ1v) is 7.16. The smallest absolute Gasteiger partial charge is 0.338 e. The quantitative estimate of drug-likeness (QED) is 0.771. The topological polar surface area (TPSA) is 84.5 Å². The van der Waals surface area contributed by atoms with Crippen LogP contribution in [0.25, 0.3) is 0 Å². The average molecular weight is 306 g/mol. The van der Waals surface area contributed by atoms with E-state index in [2.05, 4.69) is 10.6 Å². The second kappa shape index (κ2) is 8.17. The molecule has 2 N–H and O–H groups in total. The Morgan fingerprint density at radius 1 is 1.23 bits per heavy atom. The van der Waals surface area contributed by atoms with Crippen molar-refractivity contribution in [1.29, 1.82) is 0 Å². The number of likely N-dealkylation sites (N-methyl/N-ethyl adjacent to an activating group) is 1. The van der Waals surface area contributed by atoms with E-state index in [0.29, 0.717) is 12.1 Å². The first kappa shape index (κ1) is 17.7. The van der Waals surface area contributed by atoms with E-state index >= 15 is 0 Å². The van der Waals surface area contributed by atoms with E-state index in [0.717, 1.165) is 11.1 Å². The summed E-state index contributed by atoms with van der Waals surface area (Å²) < 4.78 is 4.98. The van der Waals surface area contributed by atoms with Crippen molar-refractivity contribution in [2.24, 2.45) is 0 Å². The maximum atomic E-state index is 12.0. The number of amides is 2. The van der Waals surface area contributed by atoms with E-state index in [1.54, 1.807) is 26.8 Å². The van der Waals surface area contributed by atoms with Gasteiger partial charge in [0.15, 0.2) is 6.61 Å². The zero-order valence-electron chi connectivity index (χ0n) is 13.4. The summed E-state index contributed by atoms with van der Waals surface area (Å²) in [5, 5.41) is 5.06. The molecule has 22 heavy (non-hydrogen) atoms. The van der Waals surface area contributed by atoms with Gasteiger partial charge in [-0.05, 0) is 39.3 Å². The lowest BCUT2D eigenvalue weighted by Crippen LogP contribution is -2.46. The van der Waals surface area contributed by atoms with E-state index in [-0.39, 0.29) is 5.91 Å². The molecule has 0 bridgehead atoms. The number of esters is 1. The van der Waals surface area contributed by atoms with E-state index in [4.69, 9.17) is 4.74 Å². The van der Waals surface area contributed by atoms with Crippen molar-refractivity contribution in [3.05, 3.63) is 34.9 Å². The minimum atomic E-state index is -0.674. The molecule has 0 radical (unpaired) electrons. The normalized spacial score (nSPS) is 11.5. The highest BCUT2D eigenvalue weighted by Crippen LogP contribution is 2.11. The van der Waals surface area contributed by atoms with Gasteiger partial charge in [0.05, 0.1) is 5.56 Å². The Morgan fingerprint density at radius 3 is 2.55 bits per heavy atom. The summed E-state index contributed by atoms with van der Waals surface area (Å²) >= 11 is 0. The van der Waals surface area contributed by atoms with Crippen LogP contribution in [-0.4, -0.2) is 37.0 Å². The monoisotopic (exact) mass is 306 g/mol. The lowest BCUT2D eigenvalue weighted by molar-refractivity contribution is -0.130. The largest absolute Gasteiger partial charge is 0.452 e. The van der Waals surface area contributed by atoms with Gasteiger partial charge >= 0.3 is 5.97 Å². The molecule has 0 unspecified atom stereocenters. The molecule has 6 nitrogen and oxygen atoms in total. The van der Waals surface area contributed by atoms with Crippen molar-refractivity contribution in [3.8, 4) is 0 Å². The molecule has 0 saturated carbocycles. The molecule has 120 valence electrons. The van der Waals surface area contributed by atoms with E-state index in [1.165, 1.54) is 0 Å². The minimum absolute atomic E-state index is 0.281. The summed E-state index contributed by atoms with van der Waals surface area (Å²) in [6.45, 7) is 7.09. The number of carbonyl (C=O) groups excluding carboxylic acids is 3. The zero-order valence-corrected chi connectivity index (χ0v) is 13.4. The molecule has 0 spiro atoms. The van der Waals surface area contributed by atoms with Crippen molar-refractivity contribution >= 4 is 17.8 Å². The van der Waals surface area contributed by atoms with Gasteiger partial charge in [0.25, 0.3) is 5.91 Å². The van der Waals surface area contributed by atoms with Crippen LogP contribution in [0.4, 0.5) is 0 Å². The highest BCUT2D eigenvalue weighted by Gasteiger charge is 2.17. The van der Waals surface area contributed by atoms with Crippen molar-refractivity contribution in [2.45, 2.75) is 33.7 Å². The highest BCUT2D eigenvalue weighted by atomic mass is 16.5. The molecule has 0 aromatic heterocycles. The molecule has 6 heteroatoms. The molecule has 0 heterocycles. The van der Waals surface area contributed by atoms with Crippen molar-refractivity contribution < 1.29 is 19.1 Å². The summed E-state index contributed by atoms with van der Waals surface area (Å²) in [6.07, 6.45) is 0. The molecular formula is C16H22N2O4. The van der Waals surface area contributed by atoms with Crippen LogP contribution in [0.2, 0.25) is 0 Å². The van der Waals surface area contributed by atoms with Gasteiger partial charge in [-0.1, -0.05) is 17.7 Å².